The molecule has 1 rings (SSSR count). The normalized spacial score (nSPS) is 12.8. The van der Waals surface area contributed by atoms with Crippen LogP contribution in [0.1, 0.15) is 33.3 Å². The molecule has 0 heterocycles. The second-order valence-corrected chi connectivity index (χ2v) is 6.18. The molecule has 0 saturated carbocycles. The van der Waals surface area contributed by atoms with Crippen molar-refractivity contribution in [3.8, 4) is 0 Å². The monoisotopic (exact) mass is 298 g/mol. The summed E-state index contributed by atoms with van der Waals surface area (Å²) in [7, 11) is 0. The Morgan fingerprint density at radius 2 is 2.00 bits per heavy atom. The van der Waals surface area contributed by atoms with Crippen LogP contribution in [0.25, 0.3) is 0 Å². The molecule has 20 heavy (non-hydrogen) atoms. The average Bonchev–Trinajstić information content (AvgIpc) is 2.28. The Morgan fingerprint density at radius 1 is 1.35 bits per heavy atom. The van der Waals surface area contributed by atoms with Gasteiger partial charge in [0.15, 0.2) is 0 Å². The molecule has 5 heteroatoms. The molecule has 1 aromatic rings. The average molecular weight is 299 g/mol. The first-order chi connectivity index (χ1) is 9.28. The molecular formula is C15H23ClN2O2. The van der Waals surface area contributed by atoms with Crippen molar-refractivity contribution in [2.24, 2.45) is 0 Å². The fraction of sp³-hybridized carbons (Fsp3) is 0.533. The fourth-order valence-electron chi connectivity index (χ4n) is 1.62. The lowest BCUT2D eigenvalue weighted by Gasteiger charge is -2.22. The quantitative estimate of drug-likeness (QED) is 0.876. The lowest BCUT2D eigenvalue weighted by molar-refractivity contribution is 0.0508. The highest BCUT2D eigenvalue weighted by atomic mass is 35.5. The summed E-state index contributed by atoms with van der Waals surface area (Å²) >= 11 is 6.07. The predicted molar refractivity (Wildman–Crippen MR) is 82.0 cm³/mol. The van der Waals surface area contributed by atoms with Crippen LogP contribution in [0.4, 0.5) is 4.79 Å². The number of hydrogen-bond donors (Lipinski definition) is 2. The van der Waals surface area contributed by atoms with Gasteiger partial charge in [-0.3, -0.25) is 0 Å². The molecule has 0 aliphatic heterocycles. The minimum Gasteiger partial charge on any atom is -0.444 e. The standard InChI is InChI=1S/C15H23ClN2O2/c1-11(18-14(19)20-15(2,3)4)9-17-10-12-7-5-6-8-13(12)16/h5-8,11,17H,9-10H2,1-4H3,(H,18,19). The molecule has 0 aliphatic rings. The maximum atomic E-state index is 11.6. The van der Waals surface area contributed by atoms with E-state index in [2.05, 4.69) is 10.6 Å². The van der Waals surface area contributed by atoms with Crippen LogP contribution in [0, 0.1) is 0 Å². The molecule has 2 N–H and O–H groups in total. The van der Waals surface area contributed by atoms with Crippen molar-refractivity contribution in [1.29, 1.82) is 0 Å². The van der Waals surface area contributed by atoms with Crippen LogP contribution in [0.5, 0.6) is 0 Å². The summed E-state index contributed by atoms with van der Waals surface area (Å²) in [5, 5.41) is 6.78. The Bertz CT molecular complexity index is 444. The van der Waals surface area contributed by atoms with E-state index in [1.54, 1.807) is 0 Å². The Labute approximate surface area is 125 Å². The number of carbonyl (C=O) groups is 1. The zero-order chi connectivity index (χ0) is 15.2. The smallest absolute Gasteiger partial charge is 0.407 e. The summed E-state index contributed by atoms with van der Waals surface area (Å²) < 4.78 is 5.19. The van der Waals surface area contributed by atoms with Gasteiger partial charge in [0, 0.05) is 24.2 Å². The zero-order valence-corrected chi connectivity index (χ0v) is 13.3. The largest absolute Gasteiger partial charge is 0.444 e. The third-order valence-electron chi connectivity index (χ3n) is 2.49. The van der Waals surface area contributed by atoms with Crippen molar-refractivity contribution >= 4 is 17.7 Å². The molecule has 0 aromatic heterocycles. The molecule has 1 amide bonds. The van der Waals surface area contributed by atoms with Crippen molar-refractivity contribution in [1.82, 2.24) is 10.6 Å². The van der Waals surface area contributed by atoms with Gasteiger partial charge in [-0.15, -0.1) is 0 Å². The predicted octanol–water partition coefficient (Wildman–Crippen LogP) is 3.34. The first-order valence-corrected chi connectivity index (χ1v) is 7.09. The van der Waals surface area contributed by atoms with Crippen LogP contribution < -0.4 is 10.6 Å². The summed E-state index contributed by atoms with van der Waals surface area (Å²) in [6.45, 7) is 8.75. The van der Waals surface area contributed by atoms with Crippen molar-refractivity contribution in [3.63, 3.8) is 0 Å². The summed E-state index contributed by atoms with van der Waals surface area (Å²) in [5.41, 5.74) is 0.563. The van der Waals surface area contributed by atoms with E-state index in [-0.39, 0.29) is 6.04 Å². The van der Waals surface area contributed by atoms with Gasteiger partial charge in [0.2, 0.25) is 0 Å². The minimum atomic E-state index is -0.477. The van der Waals surface area contributed by atoms with Crippen molar-refractivity contribution in [2.45, 2.75) is 45.9 Å². The molecule has 0 bridgehead atoms. The van der Waals surface area contributed by atoms with Gasteiger partial charge in [-0.2, -0.15) is 0 Å². The number of nitrogens with one attached hydrogen (secondary N) is 2. The molecule has 0 radical (unpaired) electrons. The third kappa shape index (κ3) is 6.78. The molecule has 1 aromatic carbocycles. The van der Waals surface area contributed by atoms with E-state index in [9.17, 15) is 4.79 Å². The Hall–Kier alpha value is -1.26. The van der Waals surface area contributed by atoms with E-state index < -0.39 is 11.7 Å². The maximum absolute atomic E-state index is 11.6. The van der Waals surface area contributed by atoms with Crippen LogP contribution in [0.2, 0.25) is 5.02 Å². The van der Waals surface area contributed by atoms with E-state index in [0.717, 1.165) is 10.6 Å². The molecule has 0 saturated heterocycles. The summed E-state index contributed by atoms with van der Waals surface area (Å²) in [6, 6.07) is 7.67. The Kier molecular flexibility index (Phi) is 6.30. The second-order valence-electron chi connectivity index (χ2n) is 5.77. The molecular weight excluding hydrogens is 276 g/mol. The van der Waals surface area contributed by atoms with Gasteiger partial charge in [-0.05, 0) is 39.3 Å². The van der Waals surface area contributed by atoms with Crippen molar-refractivity contribution < 1.29 is 9.53 Å². The van der Waals surface area contributed by atoms with Crippen molar-refractivity contribution in [3.05, 3.63) is 34.9 Å². The lowest BCUT2D eigenvalue weighted by atomic mass is 10.2. The number of amides is 1. The second kappa shape index (κ2) is 7.50. The van der Waals surface area contributed by atoms with Gasteiger partial charge in [0.1, 0.15) is 5.60 Å². The van der Waals surface area contributed by atoms with E-state index >= 15 is 0 Å². The SMILES string of the molecule is CC(CNCc1ccccc1Cl)NC(=O)OC(C)(C)C. The van der Waals surface area contributed by atoms with Gasteiger partial charge >= 0.3 is 6.09 Å². The highest BCUT2D eigenvalue weighted by Crippen LogP contribution is 2.14. The van der Waals surface area contributed by atoms with Crippen LogP contribution in [0.15, 0.2) is 24.3 Å². The Balaban J connectivity index is 2.28. The van der Waals surface area contributed by atoms with E-state index in [4.69, 9.17) is 16.3 Å². The van der Waals surface area contributed by atoms with Crippen LogP contribution in [0.3, 0.4) is 0 Å². The molecule has 0 fully saturated rings. The number of carbonyl (C=O) groups excluding carboxylic acids is 1. The van der Waals surface area contributed by atoms with Crippen LogP contribution in [-0.2, 0) is 11.3 Å². The first kappa shape index (κ1) is 16.8. The number of hydrogen-bond acceptors (Lipinski definition) is 3. The van der Waals surface area contributed by atoms with Gasteiger partial charge in [-0.25, -0.2) is 4.79 Å². The number of ether oxygens (including phenoxy) is 1. The summed E-state index contributed by atoms with van der Waals surface area (Å²) in [6.07, 6.45) is -0.399. The summed E-state index contributed by atoms with van der Waals surface area (Å²) in [5.74, 6) is 0. The zero-order valence-electron chi connectivity index (χ0n) is 12.5. The van der Waals surface area contributed by atoms with Gasteiger partial charge in [-0.1, -0.05) is 29.8 Å². The number of alkyl carbamates (subject to hydrolysis) is 1. The molecule has 112 valence electrons. The molecule has 1 unspecified atom stereocenters. The maximum Gasteiger partial charge on any atom is 0.407 e. The minimum absolute atomic E-state index is 0.0210. The molecule has 1 atom stereocenters. The van der Waals surface area contributed by atoms with Gasteiger partial charge in [0.05, 0.1) is 0 Å². The molecule has 0 aliphatic carbocycles. The van der Waals surface area contributed by atoms with Gasteiger partial charge in [0.25, 0.3) is 0 Å². The topological polar surface area (TPSA) is 50.4 Å². The first-order valence-electron chi connectivity index (χ1n) is 6.71. The summed E-state index contributed by atoms with van der Waals surface area (Å²) in [4.78, 5) is 11.6. The van der Waals surface area contributed by atoms with Crippen molar-refractivity contribution in [2.75, 3.05) is 6.54 Å². The van der Waals surface area contributed by atoms with E-state index in [1.807, 2.05) is 52.0 Å². The number of rotatable bonds is 5. The molecule has 4 nitrogen and oxygen atoms in total. The lowest BCUT2D eigenvalue weighted by Crippen LogP contribution is -2.42. The van der Waals surface area contributed by atoms with E-state index in [1.165, 1.54) is 0 Å². The number of benzene rings is 1. The fourth-order valence-corrected chi connectivity index (χ4v) is 1.83. The van der Waals surface area contributed by atoms with Crippen LogP contribution in [-0.4, -0.2) is 24.3 Å². The highest BCUT2D eigenvalue weighted by molar-refractivity contribution is 6.31. The van der Waals surface area contributed by atoms with Crippen LogP contribution >= 0.6 is 11.6 Å². The third-order valence-corrected chi connectivity index (χ3v) is 2.86. The number of halogens is 1. The van der Waals surface area contributed by atoms with Gasteiger partial charge < -0.3 is 15.4 Å². The highest BCUT2D eigenvalue weighted by Gasteiger charge is 2.17. The Morgan fingerprint density at radius 3 is 2.60 bits per heavy atom. The molecule has 0 spiro atoms. The van der Waals surface area contributed by atoms with E-state index in [0.29, 0.717) is 13.1 Å².